The molecule has 7 nitrogen and oxygen atoms in total. The number of ether oxygens (including phenoxy) is 3. The molecular formula is C26H29F2N3O4. The summed E-state index contributed by atoms with van der Waals surface area (Å²) in [7, 11) is 1.42. The number of carbonyl (C=O) groups is 1. The molecule has 0 spiro atoms. The van der Waals surface area contributed by atoms with Gasteiger partial charge in [0.2, 0.25) is 0 Å². The van der Waals surface area contributed by atoms with Crippen LogP contribution in [-0.2, 0) is 0 Å². The van der Waals surface area contributed by atoms with Gasteiger partial charge in [-0.25, -0.2) is 4.98 Å². The van der Waals surface area contributed by atoms with Crippen LogP contribution in [0.3, 0.4) is 0 Å². The highest BCUT2D eigenvalue weighted by Gasteiger charge is 2.29. The number of benzene rings is 1. The molecule has 9 heteroatoms. The monoisotopic (exact) mass is 485 g/mol. The normalized spacial score (nSPS) is 18.1. The van der Waals surface area contributed by atoms with Gasteiger partial charge >= 0.3 is 6.61 Å². The van der Waals surface area contributed by atoms with E-state index < -0.39 is 6.61 Å². The van der Waals surface area contributed by atoms with E-state index in [-0.39, 0.29) is 22.8 Å². The van der Waals surface area contributed by atoms with E-state index >= 15 is 0 Å². The smallest absolute Gasteiger partial charge is 0.387 e. The molecule has 1 aromatic carbocycles. The van der Waals surface area contributed by atoms with Gasteiger partial charge in [0.1, 0.15) is 28.5 Å². The predicted octanol–water partition coefficient (Wildman–Crippen LogP) is 4.97. The Bertz CT molecular complexity index is 1200. The molecule has 3 aromatic rings. The maximum absolute atomic E-state index is 13.2. The molecule has 1 atom stereocenters. The quantitative estimate of drug-likeness (QED) is 0.409. The number of rotatable bonds is 10. The van der Waals surface area contributed by atoms with Crippen molar-refractivity contribution in [1.82, 2.24) is 14.7 Å². The number of aromatic nitrogens is 2. The lowest BCUT2D eigenvalue weighted by atomic mass is 10.00. The lowest BCUT2D eigenvalue weighted by Gasteiger charge is -2.22. The van der Waals surface area contributed by atoms with Crippen LogP contribution in [0.4, 0.5) is 8.78 Å². The SMILES string of the molecule is COc1cc(-c2cnc3cc(OCC4CCCNC4)ccn23)cc(OC(F)F)c1C(=O)CC1CC1. The van der Waals surface area contributed by atoms with Crippen molar-refractivity contribution in [3.05, 3.63) is 42.2 Å². The van der Waals surface area contributed by atoms with E-state index in [4.69, 9.17) is 14.2 Å². The van der Waals surface area contributed by atoms with Gasteiger partial charge in [-0.15, -0.1) is 0 Å². The van der Waals surface area contributed by atoms with Crippen LogP contribution in [0, 0.1) is 11.8 Å². The van der Waals surface area contributed by atoms with E-state index in [2.05, 4.69) is 10.3 Å². The Morgan fingerprint density at radius 1 is 1.20 bits per heavy atom. The van der Waals surface area contributed by atoms with Gasteiger partial charge in [0.15, 0.2) is 5.78 Å². The van der Waals surface area contributed by atoms with Crippen LogP contribution in [0.15, 0.2) is 36.7 Å². The molecule has 3 heterocycles. The lowest BCUT2D eigenvalue weighted by molar-refractivity contribution is -0.0502. The fourth-order valence-electron chi connectivity index (χ4n) is 4.59. The maximum atomic E-state index is 13.2. The molecule has 1 N–H and O–H groups in total. The minimum absolute atomic E-state index is 0.0603. The number of pyridine rings is 1. The van der Waals surface area contributed by atoms with Crippen molar-refractivity contribution in [2.45, 2.75) is 38.7 Å². The van der Waals surface area contributed by atoms with E-state index in [0.29, 0.717) is 41.8 Å². The Balaban J connectivity index is 1.44. The van der Waals surface area contributed by atoms with E-state index in [1.807, 2.05) is 22.7 Å². The highest BCUT2D eigenvalue weighted by molar-refractivity contribution is 6.02. The second-order valence-corrected chi connectivity index (χ2v) is 9.26. The van der Waals surface area contributed by atoms with Gasteiger partial charge in [-0.2, -0.15) is 8.78 Å². The number of hydrogen-bond acceptors (Lipinski definition) is 6. The highest BCUT2D eigenvalue weighted by atomic mass is 19.3. The van der Waals surface area contributed by atoms with E-state index in [0.717, 1.165) is 44.5 Å². The van der Waals surface area contributed by atoms with Gasteiger partial charge in [-0.1, -0.05) is 0 Å². The highest BCUT2D eigenvalue weighted by Crippen LogP contribution is 2.40. The van der Waals surface area contributed by atoms with Crippen molar-refractivity contribution < 1.29 is 27.8 Å². The molecule has 1 aliphatic carbocycles. The largest absolute Gasteiger partial charge is 0.496 e. The van der Waals surface area contributed by atoms with Crippen LogP contribution in [-0.4, -0.2) is 48.6 Å². The van der Waals surface area contributed by atoms with Gasteiger partial charge in [0.25, 0.3) is 0 Å². The molecular weight excluding hydrogens is 456 g/mol. The average Bonchev–Trinajstić information content (AvgIpc) is 3.57. The molecule has 1 unspecified atom stereocenters. The van der Waals surface area contributed by atoms with Gasteiger partial charge in [-0.05, 0) is 56.3 Å². The molecule has 2 fully saturated rings. The third kappa shape index (κ3) is 5.40. The summed E-state index contributed by atoms with van der Waals surface area (Å²) in [6.07, 6.45) is 8.03. The third-order valence-corrected chi connectivity index (χ3v) is 6.62. The van der Waals surface area contributed by atoms with Crippen LogP contribution >= 0.6 is 0 Å². The maximum Gasteiger partial charge on any atom is 0.387 e. The number of nitrogens with zero attached hydrogens (tertiary/aromatic N) is 2. The molecule has 1 aliphatic heterocycles. The number of carbonyl (C=O) groups excluding carboxylic acids is 1. The first-order valence-corrected chi connectivity index (χ1v) is 12.0. The molecule has 186 valence electrons. The molecule has 35 heavy (non-hydrogen) atoms. The third-order valence-electron chi connectivity index (χ3n) is 6.62. The first kappa shape index (κ1) is 23.5. The fourth-order valence-corrected chi connectivity index (χ4v) is 4.59. The zero-order valence-corrected chi connectivity index (χ0v) is 19.6. The Hall–Kier alpha value is -3.20. The van der Waals surface area contributed by atoms with Crippen LogP contribution in [0.1, 0.15) is 42.5 Å². The number of fused-ring (bicyclic) bond motifs is 1. The van der Waals surface area contributed by atoms with Gasteiger partial charge in [-0.3, -0.25) is 9.20 Å². The number of piperidine rings is 1. The van der Waals surface area contributed by atoms with E-state index in [9.17, 15) is 13.6 Å². The summed E-state index contributed by atoms with van der Waals surface area (Å²) >= 11 is 0. The van der Waals surface area contributed by atoms with Gasteiger partial charge in [0.05, 0.1) is 25.6 Å². The summed E-state index contributed by atoms with van der Waals surface area (Å²) in [5.74, 6) is 1.28. The van der Waals surface area contributed by atoms with Crippen molar-refractivity contribution >= 4 is 11.4 Å². The molecule has 1 saturated heterocycles. The number of methoxy groups -OCH3 is 1. The number of Topliss-reactive ketones (excluding diaryl/α,β-unsaturated/α-hetero) is 1. The summed E-state index contributed by atoms with van der Waals surface area (Å²) in [5.41, 5.74) is 1.92. The van der Waals surface area contributed by atoms with Crippen LogP contribution in [0.25, 0.3) is 16.9 Å². The van der Waals surface area contributed by atoms with Crippen molar-refractivity contribution in [3.8, 4) is 28.5 Å². The van der Waals surface area contributed by atoms with Crippen molar-refractivity contribution in [1.29, 1.82) is 0 Å². The average molecular weight is 486 g/mol. The topological polar surface area (TPSA) is 74.1 Å². The van der Waals surface area contributed by atoms with Gasteiger partial charge in [0, 0.05) is 36.7 Å². The van der Waals surface area contributed by atoms with E-state index in [1.54, 1.807) is 12.3 Å². The minimum Gasteiger partial charge on any atom is -0.496 e. The molecule has 0 radical (unpaired) electrons. The second kappa shape index (κ2) is 10.2. The summed E-state index contributed by atoms with van der Waals surface area (Å²) in [6, 6.07) is 6.83. The molecule has 1 saturated carbocycles. The van der Waals surface area contributed by atoms with E-state index in [1.165, 1.54) is 13.2 Å². The first-order chi connectivity index (χ1) is 17.0. The molecule has 0 amide bonds. The summed E-state index contributed by atoms with van der Waals surface area (Å²) < 4.78 is 44.5. The number of hydrogen-bond donors (Lipinski definition) is 1. The van der Waals surface area contributed by atoms with Crippen molar-refractivity contribution in [2.24, 2.45) is 11.8 Å². The second-order valence-electron chi connectivity index (χ2n) is 9.26. The number of nitrogens with one attached hydrogen (secondary N) is 1. The van der Waals surface area contributed by atoms with Gasteiger partial charge < -0.3 is 19.5 Å². The molecule has 5 rings (SSSR count). The standard InChI is InChI=1S/C26H29F2N3O4/c1-33-22-10-18(11-23(35-26(27)28)25(22)21(32)9-16-4-5-16)20-14-30-24-12-19(6-8-31(20)24)34-15-17-3-2-7-29-13-17/h6,8,10-12,14,16-17,26,29H,2-5,7,9,13,15H2,1H3. The van der Waals surface area contributed by atoms with Crippen LogP contribution in [0.5, 0.6) is 17.2 Å². The summed E-state index contributed by atoms with van der Waals surface area (Å²) in [4.78, 5) is 17.3. The summed E-state index contributed by atoms with van der Waals surface area (Å²) in [6.45, 7) is -0.411. The molecule has 2 aromatic heterocycles. The molecule has 0 bridgehead atoms. The number of alkyl halides is 2. The minimum atomic E-state index is -3.07. The predicted molar refractivity (Wildman–Crippen MR) is 127 cm³/mol. The van der Waals surface area contributed by atoms with Crippen LogP contribution < -0.4 is 19.5 Å². The molecule has 2 aliphatic rings. The zero-order valence-electron chi connectivity index (χ0n) is 19.6. The van der Waals surface area contributed by atoms with Crippen molar-refractivity contribution in [2.75, 3.05) is 26.8 Å². The van der Waals surface area contributed by atoms with Crippen LogP contribution in [0.2, 0.25) is 0 Å². The number of ketones is 1. The Morgan fingerprint density at radius 2 is 2.03 bits per heavy atom. The first-order valence-electron chi connectivity index (χ1n) is 12.0. The number of halogens is 2. The summed E-state index contributed by atoms with van der Waals surface area (Å²) in [5, 5.41) is 3.39. The number of imidazole rings is 1. The zero-order chi connectivity index (χ0) is 24.4. The Morgan fingerprint density at radius 3 is 2.74 bits per heavy atom. The van der Waals surface area contributed by atoms with Crippen molar-refractivity contribution in [3.63, 3.8) is 0 Å². The fraction of sp³-hybridized carbons (Fsp3) is 0.462. The lowest BCUT2D eigenvalue weighted by Crippen LogP contribution is -2.33. The Kier molecular flexibility index (Phi) is 6.86. The Labute approximate surface area is 202 Å².